The Kier molecular flexibility index (Phi) is 40.8. The lowest BCUT2D eigenvalue weighted by Crippen LogP contribution is -1.90. The minimum atomic E-state index is -0.711. The number of aliphatic carboxylic acids is 4. The van der Waals surface area contributed by atoms with Crippen LogP contribution in [0.4, 0.5) is 0 Å². The van der Waals surface area contributed by atoms with E-state index < -0.39 is 23.9 Å². The van der Waals surface area contributed by atoms with Crippen LogP contribution in [0.2, 0.25) is 0 Å². The standard InChI is InChI=1S/4C4H8O2.H3N/c4*1-2-3-4(5)6;/h4*2-3H2,1H3,(H,5,6);1H3. The first-order chi connectivity index (χ1) is 11.1. The summed E-state index contributed by atoms with van der Waals surface area (Å²) >= 11 is 0. The smallest absolute Gasteiger partial charge is 0.303 e. The highest BCUT2D eigenvalue weighted by molar-refractivity contribution is 5.67. The van der Waals surface area contributed by atoms with E-state index in [1.807, 2.05) is 27.7 Å². The molecule has 0 aromatic rings. The summed E-state index contributed by atoms with van der Waals surface area (Å²) in [6.07, 6.45) is 4.09. The molecule has 0 aromatic heterocycles. The molecule has 152 valence electrons. The van der Waals surface area contributed by atoms with Crippen molar-refractivity contribution in [2.45, 2.75) is 79.1 Å². The molecule has 0 rings (SSSR count). The van der Waals surface area contributed by atoms with Gasteiger partial charge in [0.25, 0.3) is 0 Å². The van der Waals surface area contributed by atoms with Crippen LogP contribution in [0.15, 0.2) is 0 Å². The van der Waals surface area contributed by atoms with Gasteiger partial charge >= 0.3 is 23.9 Å². The van der Waals surface area contributed by atoms with Gasteiger partial charge < -0.3 is 26.6 Å². The Morgan fingerprint density at radius 1 is 0.480 bits per heavy atom. The Balaban J connectivity index is -0.0000000702. The molecule has 0 heterocycles. The van der Waals surface area contributed by atoms with Crippen LogP contribution in [0.1, 0.15) is 79.1 Å². The van der Waals surface area contributed by atoms with E-state index in [1.54, 1.807) is 0 Å². The molecule has 0 aliphatic rings. The van der Waals surface area contributed by atoms with Gasteiger partial charge in [0.2, 0.25) is 0 Å². The van der Waals surface area contributed by atoms with Crippen molar-refractivity contribution < 1.29 is 39.6 Å². The van der Waals surface area contributed by atoms with Gasteiger partial charge in [0.05, 0.1) is 0 Å². The van der Waals surface area contributed by atoms with Crippen molar-refractivity contribution in [3.05, 3.63) is 0 Å². The fraction of sp³-hybridized carbons (Fsp3) is 0.750. The van der Waals surface area contributed by atoms with Crippen LogP contribution in [0, 0.1) is 0 Å². The molecule has 0 saturated carbocycles. The molecule has 0 aliphatic carbocycles. The van der Waals surface area contributed by atoms with Gasteiger partial charge in [-0.25, -0.2) is 0 Å². The van der Waals surface area contributed by atoms with E-state index >= 15 is 0 Å². The molecule has 9 nitrogen and oxygen atoms in total. The van der Waals surface area contributed by atoms with Crippen molar-refractivity contribution in [2.75, 3.05) is 0 Å². The Morgan fingerprint density at radius 2 is 0.600 bits per heavy atom. The van der Waals surface area contributed by atoms with Crippen LogP contribution in [-0.4, -0.2) is 44.3 Å². The maximum atomic E-state index is 9.60. The molecule has 0 radical (unpaired) electrons. The number of hydrogen-bond donors (Lipinski definition) is 5. The maximum Gasteiger partial charge on any atom is 0.303 e. The van der Waals surface area contributed by atoms with Gasteiger partial charge in [0.15, 0.2) is 0 Å². The third kappa shape index (κ3) is 88.8. The molecule has 0 saturated heterocycles. The largest absolute Gasteiger partial charge is 0.481 e. The molecule has 0 bridgehead atoms. The van der Waals surface area contributed by atoms with E-state index in [0.29, 0.717) is 25.7 Å². The first kappa shape index (κ1) is 34.2. The van der Waals surface area contributed by atoms with Crippen molar-refractivity contribution in [3.63, 3.8) is 0 Å². The number of carboxylic acids is 4. The van der Waals surface area contributed by atoms with Gasteiger partial charge in [-0.05, 0) is 25.7 Å². The molecule has 0 unspecified atom stereocenters. The van der Waals surface area contributed by atoms with Gasteiger partial charge in [-0.1, -0.05) is 27.7 Å². The fourth-order valence-corrected chi connectivity index (χ4v) is 0.855. The second kappa shape index (κ2) is 29.8. The molecule has 0 fully saturated rings. The molecule has 0 atom stereocenters. The van der Waals surface area contributed by atoms with E-state index in [2.05, 4.69) is 0 Å². The zero-order chi connectivity index (χ0) is 20.0. The van der Waals surface area contributed by atoms with Crippen molar-refractivity contribution in [1.29, 1.82) is 0 Å². The molecule has 0 amide bonds. The third-order valence-electron chi connectivity index (χ3n) is 1.86. The van der Waals surface area contributed by atoms with Gasteiger partial charge in [0.1, 0.15) is 0 Å². The van der Waals surface area contributed by atoms with Crippen LogP contribution in [0.5, 0.6) is 0 Å². The Labute approximate surface area is 149 Å². The Hall–Kier alpha value is -2.16. The van der Waals surface area contributed by atoms with Crippen LogP contribution in [0.25, 0.3) is 0 Å². The SMILES string of the molecule is CCCC(=O)O.CCCC(=O)O.CCCC(=O)O.CCCC(=O)O.N. The lowest BCUT2D eigenvalue weighted by Gasteiger charge is -1.79. The molecule has 25 heavy (non-hydrogen) atoms. The third-order valence-corrected chi connectivity index (χ3v) is 1.86. The minimum absolute atomic E-state index is 0. The van der Waals surface area contributed by atoms with E-state index in [0.717, 1.165) is 25.7 Å². The van der Waals surface area contributed by atoms with Crippen molar-refractivity contribution >= 4 is 23.9 Å². The number of carbonyl (C=O) groups is 4. The van der Waals surface area contributed by atoms with Gasteiger partial charge in [-0.2, -0.15) is 0 Å². The summed E-state index contributed by atoms with van der Waals surface area (Å²) in [4.78, 5) is 38.4. The Morgan fingerprint density at radius 3 is 0.600 bits per heavy atom. The van der Waals surface area contributed by atoms with Crippen LogP contribution < -0.4 is 6.15 Å². The predicted octanol–water partition coefficient (Wildman–Crippen LogP) is 3.65. The summed E-state index contributed by atoms with van der Waals surface area (Å²) in [6, 6.07) is 0. The average Bonchev–Trinajstić information content (AvgIpc) is 2.39. The highest BCUT2D eigenvalue weighted by Gasteiger charge is 1.89. The first-order valence-corrected chi connectivity index (χ1v) is 7.95. The second-order valence-corrected chi connectivity index (χ2v) is 4.57. The first-order valence-electron chi connectivity index (χ1n) is 7.95. The number of rotatable bonds is 8. The topological polar surface area (TPSA) is 184 Å². The summed E-state index contributed by atoms with van der Waals surface area (Å²) in [5, 5.41) is 31.7. The minimum Gasteiger partial charge on any atom is -0.481 e. The van der Waals surface area contributed by atoms with Crippen molar-refractivity contribution in [3.8, 4) is 0 Å². The predicted molar refractivity (Wildman–Crippen MR) is 95.2 cm³/mol. The van der Waals surface area contributed by atoms with Crippen LogP contribution >= 0.6 is 0 Å². The zero-order valence-corrected chi connectivity index (χ0v) is 15.8. The quantitative estimate of drug-likeness (QED) is 0.426. The van der Waals surface area contributed by atoms with E-state index in [4.69, 9.17) is 20.4 Å². The monoisotopic (exact) mass is 369 g/mol. The van der Waals surface area contributed by atoms with Gasteiger partial charge in [-0.3, -0.25) is 19.2 Å². The maximum absolute atomic E-state index is 9.60. The highest BCUT2D eigenvalue weighted by atomic mass is 16.4. The average molecular weight is 369 g/mol. The van der Waals surface area contributed by atoms with Crippen LogP contribution in [-0.2, 0) is 19.2 Å². The molecular weight excluding hydrogens is 334 g/mol. The molecular formula is C16H35NO8. The van der Waals surface area contributed by atoms with E-state index in [1.165, 1.54) is 0 Å². The molecule has 7 N–H and O–H groups in total. The van der Waals surface area contributed by atoms with E-state index in [-0.39, 0.29) is 6.15 Å². The van der Waals surface area contributed by atoms with Crippen molar-refractivity contribution in [1.82, 2.24) is 6.15 Å². The molecule has 0 spiro atoms. The molecule has 0 aromatic carbocycles. The lowest BCUT2D eigenvalue weighted by atomic mass is 10.4. The van der Waals surface area contributed by atoms with Gasteiger partial charge in [0, 0.05) is 25.7 Å². The van der Waals surface area contributed by atoms with E-state index in [9.17, 15) is 19.2 Å². The van der Waals surface area contributed by atoms with Gasteiger partial charge in [-0.15, -0.1) is 0 Å². The van der Waals surface area contributed by atoms with Crippen molar-refractivity contribution in [2.24, 2.45) is 0 Å². The lowest BCUT2D eigenvalue weighted by molar-refractivity contribution is -0.138. The summed E-state index contributed by atoms with van der Waals surface area (Å²) < 4.78 is 0. The summed E-state index contributed by atoms with van der Waals surface area (Å²) in [5.74, 6) is -2.84. The fourth-order valence-electron chi connectivity index (χ4n) is 0.855. The zero-order valence-electron chi connectivity index (χ0n) is 15.8. The highest BCUT2D eigenvalue weighted by Crippen LogP contribution is 1.83. The Bertz CT molecular complexity index is 268. The summed E-state index contributed by atoms with van der Waals surface area (Å²) in [7, 11) is 0. The summed E-state index contributed by atoms with van der Waals surface area (Å²) in [6.45, 7) is 7.37. The normalized spacial score (nSPS) is 7.84. The molecule has 9 heteroatoms. The van der Waals surface area contributed by atoms with Crippen LogP contribution in [0.3, 0.4) is 0 Å². The number of hydrogen-bond acceptors (Lipinski definition) is 5. The molecule has 0 aliphatic heterocycles. The second-order valence-electron chi connectivity index (χ2n) is 4.57. The number of carboxylic acid groups (broad SMARTS) is 4. The summed E-state index contributed by atoms with van der Waals surface area (Å²) in [5.41, 5.74) is 0.